The Hall–Kier alpha value is -3.16. The molecule has 7 heteroatoms. The number of para-hydroxylation sites is 1. The summed E-state index contributed by atoms with van der Waals surface area (Å²) in [4.78, 5) is 12.4. The van der Waals surface area contributed by atoms with E-state index in [1.54, 1.807) is 17.8 Å². The number of carbonyl (C=O) groups excluding carboxylic acids is 1. The number of rotatable bonds is 7. The topological polar surface area (TPSA) is 68.0 Å². The zero-order chi connectivity index (χ0) is 20.3. The molecule has 0 amide bonds. The zero-order valence-electron chi connectivity index (χ0n) is 15.9. The number of hydrogen-bond acceptors (Lipinski definition) is 7. The SMILES string of the molecule is O=C(CNc1nnc(SCc2cccc3ccccc23)s1)c1cc2ccccc2o1. The fraction of sp³-hybridized carbons (Fsp3) is 0.0870. The first-order chi connectivity index (χ1) is 14.8. The Morgan fingerprint density at radius 1 is 0.967 bits per heavy atom. The molecule has 0 atom stereocenters. The van der Waals surface area contributed by atoms with Gasteiger partial charge in [0.2, 0.25) is 10.9 Å². The van der Waals surface area contributed by atoms with E-state index in [0.717, 1.165) is 15.5 Å². The maximum atomic E-state index is 12.4. The van der Waals surface area contributed by atoms with Gasteiger partial charge in [-0.2, -0.15) is 0 Å². The maximum absolute atomic E-state index is 12.4. The van der Waals surface area contributed by atoms with Crippen LogP contribution in [0.2, 0.25) is 0 Å². The Morgan fingerprint density at radius 3 is 2.67 bits per heavy atom. The van der Waals surface area contributed by atoms with Crippen molar-refractivity contribution in [3.63, 3.8) is 0 Å². The largest absolute Gasteiger partial charge is 0.453 e. The Morgan fingerprint density at radius 2 is 1.77 bits per heavy atom. The van der Waals surface area contributed by atoms with Gasteiger partial charge in [0.1, 0.15) is 5.58 Å². The molecule has 5 nitrogen and oxygen atoms in total. The van der Waals surface area contributed by atoms with Crippen LogP contribution in [0.3, 0.4) is 0 Å². The first-order valence-electron chi connectivity index (χ1n) is 9.45. The first kappa shape index (κ1) is 18.8. The summed E-state index contributed by atoms with van der Waals surface area (Å²) in [5.41, 5.74) is 1.98. The summed E-state index contributed by atoms with van der Waals surface area (Å²) in [6, 6.07) is 24.1. The number of carbonyl (C=O) groups is 1. The molecule has 5 rings (SSSR count). The van der Waals surface area contributed by atoms with Gasteiger partial charge in [-0.1, -0.05) is 83.8 Å². The van der Waals surface area contributed by atoms with Crippen molar-refractivity contribution < 1.29 is 9.21 Å². The molecule has 1 N–H and O–H groups in total. The lowest BCUT2D eigenvalue weighted by Gasteiger charge is -2.04. The van der Waals surface area contributed by atoms with Crippen molar-refractivity contribution >= 4 is 55.8 Å². The van der Waals surface area contributed by atoms with E-state index in [4.69, 9.17) is 4.42 Å². The molecule has 0 aliphatic rings. The smallest absolute Gasteiger partial charge is 0.217 e. The van der Waals surface area contributed by atoms with Crippen molar-refractivity contribution in [3.8, 4) is 0 Å². The molecule has 0 radical (unpaired) electrons. The Balaban J connectivity index is 1.21. The van der Waals surface area contributed by atoms with Crippen LogP contribution in [0, 0.1) is 0 Å². The molecule has 0 saturated carbocycles. The van der Waals surface area contributed by atoms with Gasteiger partial charge in [0, 0.05) is 11.1 Å². The van der Waals surface area contributed by atoms with Gasteiger partial charge in [-0.15, -0.1) is 10.2 Å². The molecule has 5 aromatic rings. The minimum atomic E-state index is -0.119. The molecule has 2 aromatic heterocycles. The summed E-state index contributed by atoms with van der Waals surface area (Å²) < 4.78 is 6.48. The van der Waals surface area contributed by atoms with E-state index in [2.05, 4.69) is 58.0 Å². The summed E-state index contributed by atoms with van der Waals surface area (Å²) in [5, 5.41) is 15.5. The Bertz CT molecular complexity index is 1300. The van der Waals surface area contributed by atoms with Crippen LogP contribution in [0.5, 0.6) is 0 Å². The highest BCUT2D eigenvalue weighted by Crippen LogP contribution is 2.30. The van der Waals surface area contributed by atoms with E-state index in [1.165, 1.54) is 27.7 Å². The summed E-state index contributed by atoms with van der Waals surface area (Å²) in [6.45, 7) is 0.114. The van der Waals surface area contributed by atoms with Crippen molar-refractivity contribution in [1.29, 1.82) is 0 Å². The van der Waals surface area contributed by atoms with Crippen LogP contribution < -0.4 is 5.32 Å². The van der Waals surface area contributed by atoms with E-state index in [9.17, 15) is 4.79 Å². The molecular formula is C23H17N3O2S2. The molecule has 30 heavy (non-hydrogen) atoms. The number of nitrogens with zero attached hydrogens (tertiary/aromatic N) is 2. The van der Waals surface area contributed by atoms with Crippen molar-refractivity contribution in [3.05, 3.63) is 84.1 Å². The number of aromatic nitrogens is 2. The summed E-state index contributed by atoms with van der Waals surface area (Å²) in [6.07, 6.45) is 0. The van der Waals surface area contributed by atoms with Crippen molar-refractivity contribution in [2.24, 2.45) is 0 Å². The standard InChI is InChI=1S/C23H17N3O2S2/c27-19(21-12-16-7-2-4-11-20(16)28-21)13-24-22-25-26-23(30-22)29-14-17-9-5-8-15-6-1-3-10-18(15)17/h1-12H,13-14H2,(H,24,25). The van der Waals surface area contributed by atoms with Crippen LogP contribution in [0.15, 0.2) is 81.6 Å². The number of thioether (sulfide) groups is 1. The van der Waals surface area contributed by atoms with Crippen molar-refractivity contribution in [2.45, 2.75) is 10.1 Å². The molecule has 0 aliphatic carbocycles. The van der Waals surface area contributed by atoms with E-state index < -0.39 is 0 Å². The number of benzene rings is 3. The second-order valence-corrected chi connectivity index (χ2v) is 8.93. The van der Waals surface area contributed by atoms with Gasteiger partial charge in [-0.3, -0.25) is 4.79 Å². The van der Waals surface area contributed by atoms with Crippen LogP contribution in [0.4, 0.5) is 5.13 Å². The fourth-order valence-corrected chi connectivity index (χ4v) is 5.01. The highest BCUT2D eigenvalue weighted by Gasteiger charge is 2.13. The van der Waals surface area contributed by atoms with Gasteiger partial charge in [0.15, 0.2) is 10.1 Å². The van der Waals surface area contributed by atoms with Crippen molar-refractivity contribution in [2.75, 3.05) is 11.9 Å². The number of anilines is 1. The van der Waals surface area contributed by atoms with E-state index in [0.29, 0.717) is 16.5 Å². The van der Waals surface area contributed by atoms with Crippen LogP contribution in [0.1, 0.15) is 16.1 Å². The highest BCUT2D eigenvalue weighted by molar-refractivity contribution is 8.00. The molecule has 0 aliphatic heterocycles. The highest BCUT2D eigenvalue weighted by atomic mass is 32.2. The third-order valence-electron chi connectivity index (χ3n) is 4.74. The van der Waals surface area contributed by atoms with Crippen molar-refractivity contribution in [1.82, 2.24) is 10.2 Å². The maximum Gasteiger partial charge on any atom is 0.217 e. The molecule has 3 aromatic carbocycles. The number of furan rings is 1. The minimum Gasteiger partial charge on any atom is -0.453 e. The third kappa shape index (κ3) is 3.94. The number of ketones is 1. The zero-order valence-corrected chi connectivity index (χ0v) is 17.5. The summed E-state index contributed by atoms with van der Waals surface area (Å²) in [5.74, 6) is 1.04. The molecule has 0 unspecified atom stereocenters. The van der Waals surface area contributed by atoms with Crippen LogP contribution in [-0.4, -0.2) is 22.5 Å². The van der Waals surface area contributed by atoms with E-state index in [1.807, 2.05) is 24.3 Å². The quantitative estimate of drug-likeness (QED) is 0.251. The number of fused-ring (bicyclic) bond motifs is 2. The number of hydrogen-bond donors (Lipinski definition) is 1. The lowest BCUT2D eigenvalue weighted by Crippen LogP contribution is -2.13. The normalized spacial score (nSPS) is 11.2. The molecule has 2 heterocycles. The summed E-state index contributed by atoms with van der Waals surface area (Å²) >= 11 is 3.09. The Kier molecular flexibility index (Phi) is 5.21. The van der Waals surface area contributed by atoms with Gasteiger partial charge in [0.25, 0.3) is 0 Å². The fourth-order valence-electron chi connectivity index (χ4n) is 3.26. The number of Topliss-reactive ketones (excluding diaryl/α,β-unsaturated/α-hetero) is 1. The molecule has 148 valence electrons. The Labute approximate surface area is 181 Å². The van der Waals surface area contributed by atoms with Gasteiger partial charge in [-0.05, 0) is 28.5 Å². The molecule has 0 bridgehead atoms. The molecule has 0 fully saturated rings. The van der Waals surface area contributed by atoms with E-state index >= 15 is 0 Å². The average Bonchev–Trinajstić information content (AvgIpc) is 3.43. The predicted molar refractivity (Wildman–Crippen MR) is 122 cm³/mol. The second-order valence-electron chi connectivity index (χ2n) is 6.73. The second kappa shape index (κ2) is 8.30. The van der Waals surface area contributed by atoms with Gasteiger partial charge >= 0.3 is 0 Å². The lowest BCUT2D eigenvalue weighted by molar-refractivity contribution is 0.0982. The predicted octanol–water partition coefficient (Wildman–Crippen LogP) is 6.02. The minimum absolute atomic E-state index is 0.114. The van der Waals surface area contributed by atoms with Gasteiger partial charge in [0.05, 0.1) is 6.54 Å². The van der Waals surface area contributed by atoms with Gasteiger partial charge < -0.3 is 9.73 Å². The first-order valence-corrected chi connectivity index (χ1v) is 11.2. The molecular weight excluding hydrogens is 414 g/mol. The third-order valence-corrected chi connectivity index (χ3v) is 6.80. The van der Waals surface area contributed by atoms with E-state index in [-0.39, 0.29) is 12.3 Å². The van der Waals surface area contributed by atoms with Crippen LogP contribution >= 0.6 is 23.1 Å². The average molecular weight is 432 g/mol. The molecule has 0 spiro atoms. The van der Waals surface area contributed by atoms with Crippen LogP contribution in [0.25, 0.3) is 21.7 Å². The molecule has 0 saturated heterocycles. The number of nitrogens with one attached hydrogen (secondary N) is 1. The monoisotopic (exact) mass is 431 g/mol. The van der Waals surface area contributed by atoms with Gasteiger partial charge in [-0.25, -0.2) is 0 Å². The lowest BCUT2D eigenvalue weighted by atomic mass is 10.1. The van der Waals surface area contributed by atoms with Crippen LogP contribution in [-0.2, 0) is 5.75 Å². The summed E-state index contributed by atoms with van der Waals surface area (Å²) in [7, 11) is 0.